The van der Waals surface area contributed by atoms with E-state index in [0.29, 0.717) is 0 Å². The van der Waals surface area contributed by atoms with E-state index in [4.69, 9.17) is 3.83 Å². The van der Waals surface area contributed by atoms with Crippen LogP contribution in [0.2, 0.25) is 0 Å². The molecule has 0 fully saturated rings. The van der Waals surface area contributed by atoms with Gasteiger partial charge in [-0.15, -0.1) is 0 Å². The van der Waals surface area contributed by atoms with Crippen molar-refractivity contribution in [2.75, 3.05) is 0 Å². The van der Waals surface area contributed by atoms with Gasteiger partial charge in [0, 0.05) is 35.6 Å². The first-order valence-corrected chi connectivity index (χ1v) is 0.595. The molecule has 0 spiro atoms. The fourth-order valence-corrected chi connectivity index (χ4v) is 0. The molecule has 21 valence electrons. The van der Waals surface area contributed by atoms with Gasteiger partial charge in [-0.25, -0.2) is 0 Å². The van der Waals surface area contributed by atoms with Crippen molar-refractivity contribution in [1.82, 2.24) is 0 Å². The van der Waals surface area contributed by atoms with Crippen molar-refractivity contribution in [3.8, 4) is 0 Å². The Morgan fingerprint density at radius 1 is 1.25 bits per heavy atom. The van der Waals surface area contributed by atoms with E-state index >= 15 is 0 Å². The molecule has 0 bridgehead atoms. The summed E-state index contributed by atoms with van der Waals surface area (Å²) in [6.07, 6.45) is 0. The quantitative estimate of drug-likeness (QED) is 0.523. The van der Waals surface area contributed by atoms with Crippen LogP contribution in [0.15, 0.2) is 0 Å². The van der Waals surface area contributed by atoms with Gasteiger partial charge in [-0.3, -0.25) is 0 Å². The summed E-state index contributed by atoms with van der Waals surface area (Å²) >= 11 is 2.00. The third-order valence-corrected chi connectivity index (χ3v) is 0. The van der Waals surface area contributed by atoms with E-state index in [1.165, 1.54) is 0 Å². The van der Waals surface area contributed by atoms with Crippen molar-refractivity contribution in [2.45, 2.75) is 0 Å². The molecule has 0 saturated carbocycles. The van der Waals surface area contributed by atoms with Crippen LogP contribution in [0, 0.1) is 35.6 Å². The molecule has 0 aromatic rings. The minimum absolute atomic E-state index is 0. The third-order valence-electron chi connectivity index (χ3n) is 0. The topological polar surface area (TPSA) is 17.1 Å². The zero-order chi connectivity index (χ0) is 2.00. The number of hydrogen-bond donors (Lipinski definition) is 0. The second-order valence-corrected chi connectivity index (χ2v) is 0. The van der Waals surface area contributed by atoms with Crippen molar-refractivity contribution in [3.63, 3.8) is 0 Å². The molecule has 4 heteroatoms. The minimum atomic E-state index is 0. The van der Waals surface area contributed by atoms with Gasteiger partial charge in [-0.05, 0) is 0 Å². The Kier molecular flexibility index (Phi) is 65.7. The molecule has 0 aliphatic heterocycles. The molecule has 0 aliphatic carbocycles. The Bertz CT molecular complexity index is 8.00. The van der Waals surface area contributed by atoms with Crippen LogP contribution in [-0.4, -0.2) is 45.5 Å². The fourth-order valence-electron chi connectivity index (χ4n) is 0. The van der Waals surface area contributed by atoms with Gasteiger partial charge in [0.15, 0.2) is 0 Å². The maximum atomic E-state index is 8.00. The summed E-state index contributed by atoms with van der Waals surface area (Å²) in [7, 11) is 0. The zero-order valence-corrected chi connectivity index (χ0v) is 6.07. The van der Waals surface area contributed by atoms with E-state index < -0.39 is 0 Å². The summed E-state index contributed by atoms with van der Waals surface area (Å²) in [5, 5.41) is 0. The molecule has 0 aromatic heterocycles. The summed E-state index contributed by atoms with van der Waals surface area (Å²) in [5.74, 6) is 0. The summed E-state index contributed by atoms with van der Waals surface area (Å²) in [5.41, 5.74) is 0. The molecule has 0 saturated heterocycles. The van der Waals surface area contributed by atoms with Gasteiger partial charge in [-0.1, -0.05) is 0 Å². The normalized spacial score (nSPS) is 1.25. The van der Waals surface area contributed by atoms with Crippen LogP contribution in [0.4, 0.5) is 0 Å². The Labute approximate surface area is 98.2 Å². The van der Waals surface area contributed by atoms with Crippen molar-refractivity contribution < 1.29 is 55.4 Å². The predicted octanol–water partition coefficient (Wildman–Crippen LogP) is -1.04. The zero-order valence-electron chi connectivity index (χ0n) is 1.34. The first-order valence-electron chi connectivity index (χ1n) is 0.144. The molecule has 0 N–H and O–H groups in total. The Balaban J connectivity index is -0.00000000500. The Hall–Kier alpha value is 2.99. The standard InChI is InChI=1S/Fe.La.O.Sr.2H. The fraction of sp³-hybridized carbons (Fsp3) is 0. The van der Waals surface area contributed by atoms with Gasteiger partial charge >= 0.3 is 65.3 Å². The summed E-state index contributed by atoms with van der Waals surface area (Å²) in [6, 6.07) is 0. The van der Waals surface area contributed by atoms with Gasteiger partial charge in [0.2, 0.25) is 0 Å². The van der Waals surface area contributed by atoms with Crippen molar-refractivity contribution in [3.05, 3.63) is 0 Å². The number of hydrogen-bond acceptors (Lipinski definition) is 1. The van der Waals surface area contributed by atoms with E-state index in [1.54, 1.807) is 0 Å². The Morgan fingerprint density at radius 2 is 1.25 bits per heavy atom. The van der Waals surface area contributed by atoms with Crippen molar-refractivity contribution in [1.29, 1.82) is 0 Å². The average molecular weight is 300 g/mol. The predicted molar refractivity (Wildman–Crippen MR) is 9.23 cm³/mol. The average Bonchev–Trinajstić information content (AvgIpc) is 1.00. The second-order valence-electron chi connectivity index (χ2n) is 0. The van der Waals surface area contributed by atoms with Crippen LogP contribution in [0.5, 0.6) is 0 Å². The van der Waals surface area contributed by atoms with Crippen molar-refractivity contribution in [2.24, 2.45) is 0 Å². The van der Waals surface area contributed by atoms with Gasteiger partial charge in [-0.2, -0.15) is 0 Å². The second kappa shape index (κ2) is 16.7. The first-order chi connectivity index (χ1) is 1.00. The summed E-state index contributed by atoms with van der Waals surface area (Å²) in [4.78, 5) is 0. The maximum absolute atomic E-state index is 8.00. The van der Waals surface area contributed by atoms with Gasteiger partial charge in [0.05, 0.1) is 0 Å². The molecule has 0 aliphatic rings. The third kappa shape index (κ3) is 8.89. The first kappa shape index (κ1) is 15.8. The van der Waals surface area contributed by atoms with E-state index in [2.05, 4.69) is 0 Å². The van der Waals surface area contributed by atoms with E-state index in [1.807, 2.05) is 15.9 Å². The van der Waals surface area contributed by atoms with Crippen molar-refractivity contribution >= 4 is 45.5 Å². The molecule has 0 aromatic carbocycles. The monoisotopic (exact) mass is 301 g/mol. The van der Waals surface area contributed by atoms with Gasteiger partial charge < -0.3 is 0 Å². The molecule has 4 heavy (non-hydrogen) atoms. The van der Waals surface area contributed by atoms with Crippen LogP contribution in [0.25, 0.3) is 0 Å². The molecule has 1 nitrogen and oxygen atoms in total. The van der Waals surface area contributed by atoms with E-state index in [9.17, 15) is 0 Å². The molecular weight excluding hydrogens is 298 g/mol. The van der Waals surface area contributed by atoms with Crippen LogP contribution >= 0.6 is 0 Å². The van der Waals surface area contributed by atoms with Crippen LogP contribution in [0.1, 0.15) is 0 Å². The molecule has 0 amide bonds. The Morgan fingerprint density at radius 3 is 1.25 bits per heavy atom. The summed E-state index contributed by atoms with van der Waals surface area (Å²) < 4.78 is 8.00. The van der Waals surface area contributed by atoms with Crippen LogP contribution < -0.4 is 0 Å². The molecule has 0 heterocycles. The molecule has 1 radical (unpaired) electrons. The van der Waals surface area contributed by atoms with Crippen LogP contribution in [-0.2, 0) is 19.8 Å². The van der Waals surface area contributed by atoms with Gasteiger partial charge in [0.25, 0.3) is 0 Å². The molecule has 0 rings (SSSR count). The molecule has 0 unspecified atom stereocenters. The van der Waals surface area contributed by atoms with E-state index in [0.717, 1.165) is 0 Å². The van der Waals surface area contributed by atoms with E-state index in [-0.39, 0.29) is 81.1 Å². The number of rotatable bonds is 0. The molecular formula is H2FeLaOSr. The molecule has 0 atom stereocenters. The van der Waals surface area contributed by atoms with Gasteiger partial charge in [0.1, 0.15) is 0 Å². The SMILES string of the molecule is [La].[O]=[Fe].[SrH2]. The van der Waals surface area contributed by atoms with Crippen LogP contribution in [0.3, 0.4) is 0 Å². The summed E-state index contributed by atoms with van der Waals surface area (Å²) in [6.45, 7) is 0.